The summed E-state index contributed by atoms with van der Waals surface area (Å²) in [5.74, 6) is 1.76. The Balaban J connectivity index is 1.60. The van der Waals surface area contributed by atoms with Crippen molar-refractivity contribution < 1.29 is 14.3 Å². The largest absolute Gasteiger partial charge is 0.493 e. The van der Waals surface area contributed by atoms with Crippen molar-refractivity contribution in [2.75, 3.05) is 19.0 Å². The van der Waals surface area contributed by atoms with E-state index in [0.29, 0.717) is 42.7 Å². The van der Waals surface area contributed by atoms with Crippen LogP contribution in [0.5, 0.6) is 11.5 Å². The second-order valence-electron chi connectivity index (χ2n) is 7.80. The molecule has 5 heteroatoms. The molecule has 31 heavy (non-hydrogen) atoms. The van der Waals surface area contributed by atoms with Gasteiger partial charge in [-0.15, -0.1) is 0 Å². The normalized spacial score (nSPS) is 10.6. The lowest BCUT2D eigenvalue weighted by molar-refractivity contribution is 0.0949. The average molecular weight is 419 g/mol. The molecule has 0 aliphatic heterocycles. The van der Waals surface area contributed by atoms with E-state index in [1.165, 1.54) is 0 Å². The van der Waals surface area contributed by atoms with Gasteiger partial charge in [-0.25, -0.2) is 0 Å². The molecule has 0 aliphatic rings. The number of nitrogens with one attached hydrogen (secondary N) is 2. The molecule has 5 nitrogen and oxygen atoms in total. The summed E-state index contributed by atoms with van der Waals surface area (Å²) in [7, 11) is 1.64. The zero-order chi connectivity index (χ0) is 22.1. The van der Waals surface area contributed by atoms with E-state index >= 15 is 0 Å². The lowest BCUT2D eigenvalue weighted by Gasteiger charge is -2.14. The summed E-state index contributed by atoms with van der Waals surface area (Å²) in [4.78, 5) is 12.3. The number of hydrogen-bond acceptors (Lipinski definition) is 4. The zero-order valence-electron chi connectivity index (χ0n) is 18.4. The van der Waals surface area contributed by atoms with Gasteiger partial charge in [-0.3, -0.25) is 4.79 Å². The van der Waals surface area contributed by atoms with Gasteiger partial charge in [0.15, 0.2) is 11.5 Å². The van der Waals surface area contributed by atoms with Gasteiger partial charge in [-0.2, -0.15) is 0 Å². The molecule has 0 fully saturated rings. The topological polar surface area (TPSA) is 59.6 Å². The Labute approximate surface area is 184 Å². The van der Waals surface area contributed by atoms with Crippen LogP contribution in [0.25, 0.3) is 0 Å². The fourth-order valence-corrected chi connectivity index (χ4v) is 3.05. The fourth-order valence-electron chi connectivity index (χ4n) is 3.05. The predicted molar refractivity (Wildman–Crippen MR) is 125 cm³/mol. The molecule has 3 aromatic rings. The monoisotopic (exact) mass is 418 g/mol. The molecule has 0 saturated carbocycles. The molecule has 0 unspecified atom stereocenters. The highest BCUT2D eigenvalue weighted by Crippen LogP contribution is 2.29. The van der Waals surface area contributed by atoms with E-state index in [1.807, 2.05) is 72.8 Å². The minimum atomic E-state index is -0.0565. The highest BCUT2D eigenvalue weighted by molar-refractivity contribution is 5.95. The number of benzene rings is 3. The van der Waals surface area contributed by atoms with Gasteiger partial charge in [-0.1, -0.05) is 56.3 Å². The van der Waals surface area contributed by atoms with Crippen LogP contribution >= 0.6 is 0 Å². The Morgan fingerprint density at radius 3 is 2.45 bits per heavy atom. The van der Waals surface area contributed by atoms with Crippen molar-refractivity contribution in [3.63, 3.8) is 0 Å². The number of hydrogen-bond donors (Lipinski definition) is 2. The van der Waals surface area contributed by atoms with Crippen LogP contribution in [0.4, 0.5) is 5.69 Å². The molecule has 0 aliphatic carbocycles. The van der Waals surface area contributed by atoms with Gasteiger partial charge >= 0.3 is 0 Å². The molecule has 0 heterocycles. The Hall–Kier alpha value is -3.47. The molecule has 3 aromatic carbocycles. The van der Waals surface area contributed by atoms with Crippen LogP contribution in [0, 0.1) is 5.92 Å². The summed E-state index contributed by atoms with van der Waals surface area (Å²) in [6.45, 7) is 5.90. The van der Waals surface area contributed by atoms with Crippen molar-refractivity contribution in [2.45, 2.75) is 27.0 Å². The van der Waals surface area contributed by atoms with Crippen molar-refractivity contribution in [3.8, 4) is 11.5 Å². The van der Waals surface area contributed by atoms with Gasteiger partial charge in [0.25, 0.3) is 5.91 Å². The number of carbonyl (C=O) groups excluding carboxylic acids is 1. The summed E-state index contributed by atoms with van der Waals surface area (Å²) >= 11 is 0. The van der Waals surface area contributed by atoms with Crippen molar-refractivity contribution in [1.82, 2.24) is 5.32 Å². The van der Waals surface area contributed by atoms with Crippen molar-refractivity contribution in [3.05, 3.63) is 89.5 Å². The van der Waals surface area contributed by atoms with E-state index in [1.54, 1.807) is 7.11 Å². The highest BCUT2D eigenvalue weighted by atomic mass is 16.5. The fraction of sp³-hybridized carbons (Fsp3) is 0.269. The van der Waals surface area contributed by atoms with Crippen molar-refractivity contribution >= 4 is 11.6 Å². The average Bonchev–Trinajstić information content (AvgIpc) is 2.80. The molecular formula is C26H30N2O3. The van der Waals surface area contributed by atoms with Crippen LogP contribution in [0.3, 0.4) is 0 Å². The molecule has 0 radical (unpaired) electrons. The Morgan fingerprint density at radius 2 is 1.71 bits per heavy atom. The number of ether oxygens (including phenoxy) is 2. The number of rotatable bonds is 10. The maximum Gasteiger partial charge on any atom is 0.251 e. The van der Waals surface area contributed by atoms with Gasteiger partial charge in [0.1, 0.15) is 6.61 Å². The third kappa shape index (κ3) is 6.78. The first kappa shape index (κ1) is 22.2. The minimum Gasteiger partial charge on any atom is -0.493 e. The first-order valence-corrected chi connectivity index (χ1v) is 10.5. The maximum absolute atomic E-state index is 12.3. The van der Waals surface area contributed by atoms with Crippen LogP contribution in [0.2, 0.25) is 0 Å². The van der Waals surface area contributed by atoms with Gasteiger partial charge in [0.05, 0.1) is 7.11 Å². The Kier molecular flexibility index (Phi) is 7.93. The third-order valence-corrected chi connectivity index (χ3v) is 4.76. The van der Waals surface area contributed by atoms with Crippen LogP contribution in [0.15, 0.2) is 72.8 Å². The first-order valence-electron chi connectivity index (χ1n) is 10.5. The maximum atomic E-state index is 12.3. The molecule has 1 amide bonds. The summed E-state index contributed by atoms with van der Waals surface area (Å²) in [5, 5.41) is 6.32. The number of carbonyl (C=O) groups is 1. The van der Waals surface area contributed by atoms with E-state index in [0.717, 1.165) is 16.8 Å². The van der Waals surface area contributed by atoms with E-state index < -0.39 is 0 Å². The molecule has 3 rings (SSSR count). The first-order chi connectivity index (χ1) is 15.0. The molecule has 0 bridgehead atoms. The molecule has 0 aromatic heterocycles. The number of anilines is 1. The quantitative estimate of drug-likeness (QED) is 0.471. The molecule has 162 valence electrons. The summed E-state index contributed by atoms with van der Waals surface area (Å²) < 4.78 is 11.4. The number of methoxy groups -OCH3 is 1. The van der Waals surface area contributed by atoms with Gasteiger partial charge in [0.2, 0.25) is 0 Å². The molecule has 2 N–H and O–H groups in total. The van der Waals surface area contributed by atoms with E-state index in [9.17, 15) is 4.79 Å². The Bertz CT molecular complexity index is 987. The smallest absolute Gasteiger partial charge is 0.251 e. The number of amides is 1. The van der Waals surface area contributed by atoms with Crippen molar-refractivity contribution in [1.29, 1.82) is 0 Å². The molecule has 0 atom stereocenters. The standard InChI is InChI=1S/C26H30N2O3/c1-19(2)16-28-26(29)22-10-7-11-23(15-22)27-17-21-12-13-24(25(14-21)30-3)31-18-20-8-5-4-6-9-20/h4-15,19,27H,16-18H2,1-3H3,(H,28,29). The molecular weight excluding hydrogens is 388 g/mol. The second kappa shape index (κ2) is 11.1. The zero-order valence-corrected chi connectivity index (χ0v) is 18.4. The molecule has 0 spiro atoms. The highest BCUT2D eigenvalue weighted by Gasteiger charge is 2.09. The van der Waals surface area contributed by atoms with E-state index in [4.69, 9.17) is 9.47 Å². The van der Waals surface area contributed by atoms with Crippen LogP contribution in [0.1, 0.15) is 35.3 Å². The molecule has 0 saturated heterocycles. The predicted octanol–water partition coefficient (Wildman–Crippen LogP) is 5.27. The lowest BCUT2D eigenvalue weighted by Crippen LogP contribution is -2.27. The SMILES string of the molecule is COc1cc(CNc2cccc(C(=O)NCC(C)C)c2)ccc1OCc1ccccc1. The summed E-state index contributed by atoms with van der Waals surface area (Å²) in [6.07, 6.45) is 0. The van der Waals surface area contributed by atoms with E-state index in [-0.39, 0.29) is 5.91 Å². The van der Waals surface area contributed by atoms with Gasteiger partial charge < -0.3 is 20.1 Å². The minimum absolute atomic E-state index is 0.0565. The Morgan fingerprint density at radius 1 is 0.903 bits per heavy atom. The van der Waals surface area contributed by atoms with Crippen LogP contribution in [-0.2, 0) is 13.2 Å². The van der Waals surface area contributed by atoms with Gasteiger partial charge in [-0.05, 0) is 47.4 Å². The van der Waals surface area contributed by atoms with Crippen LogP contribution < -0.4 is 20.1 Å². The third-order valence-electron chi connectivity index (χ3n) is 4.76. The summed E-state index contributed by atoms with van der Waals surface area (Å²) in [6, 6.07) is 23.5. The summed E-state index contributed by atoms with van der Waals surface area (Å²) in [5.41, 5.74) is 3.69. The van der Waals surface area contributed by atoms with Crippen LogP contribution in [-0.4, -0.2) is 19.6 Å². The van der Waals surface area contributed by atoms with Crippen molar-refractivity contribution in [2.24, 2.45) is 5.92 Å². The second-order valence-corrected chi connectivity index (χ2v) is 7.80. The van der Waals surface area contributed by atoms with E-state index in [2.05, 4.69) is 24.5 Å². The lowest BCUT2D eigenvalue weighted by atomic mass is 10.1. The van der Waals surface area contributed by atoms with Gasteiger partial charge in [0, 0.05) is 24.3 Å².